The number of aromatic hydroxyl groups is 1. The van der Waals surface area contributed by atoms with Gasteiger partial charge in [0, 0.05) is 23.5 Å². The lowest BCUT2D eigenvalue weighted by molar-refractivity contribution is -0.142. The number of nitrogens with two attached hydrogens (primary N) is 1. The minimum atomic E-state index is -1.42. The van der Waals surface area contributed by atoms with Gasteiger partial charge in [0.1, 0.15) is 23.9 Å². The first-order valence-electron chi connectivity index (χ1n) is 13.8. The van der Waals surface area contributed by atoms with Crippen LogP contribution in [0.5, 0.6) is 5.75 Å². The second-order valence-corrected chi connectivity index (χ2v) is 10.5. The van der Waals surface area contributed by atoms with Crippen LogP contribution in [0.15, 0.2) is 54.7 Å². The van der Waals surface area contributed by atoms with Crippen molar-refractivity contribution in [3.8, 4) is 5.75 Å². The number of phenols is 1. The molecule has 12 nitrogen and oxygen atoms in total. The molecular weight excluding hydrogens is 542 g/mol. The molecular formula is C30H39N5O7. The van der Waals surface area contributed by atoms with Gasteiger partial charge in [-0.25, -0.2) is 4.79 Å². The predicted octanol–water partition coefficient (Wildman–Crippen LogP) is 0.952. The van der Waals surface area contributed by atoms with Gasteiger partial charge in [-0.05, 0) is 48.6 Å². The first kappa shape index (κ1) is 32.1. The molecule has 6 unspecified atom stereocenters. The van der Waals surface area contributed by atoms with Crippen molar-refractivity contribution in [2.45, 2.75) is 70.3 Å². The van der Waals surface area contributed by atoms with Crippen molar-refractivity contribution >= 4 is 34.6 Å². The second-order valence-electron chi connectivity index (χ2n) is 10.5. The van der Waals surface area contributed by atoms with E-state index in [2.05, 4.69) is 20.9 Å². The number of hydrogen-bond acceptors (Lipinski definition) is 7. The van der Waals surface area contributed by atoms with Crippen LogP contribution in [-0.4, -0.2) is 74.3 Å². The van der Waals surface area contributed by atoms with E-state index in [9.17, 15) is 34.5 Å². The van der Waals surface area contributed by atoms with E-state index < -0.39 is 59.9 Å². The van der Waals surface area contributed by atoms with Gasteiger partial charge in [0.05, 0.1) is 12.1 Å². The Balaban J connectivity index is 1.69. The number of hydrogen-bond donors (Lipinski definition) is 8. The standard InChI is InChI=1S/C30H39N5O7/c1-4-16(2)25(28(39)33-24(30(41)42)13-18-9-11-20(37)12-10-18)34-29(40)26(17(3)36)35-27(38)22(31)14-19-15-32-23-8-6-5-7-21(19)23/h5-12,15-17,22,24-26,32,36-37H,4,13-14,31H2,1-3H3,(H,33,39)(H,34,40)(H,35,38)(H,41,42). The van der Waals surface area contributed by atoms with Crippen LogP contribution in [-0.2, 0) is 32.0 Å². The molecule has 9 N–H and O–H groups in total. The smallest absolute Gasteiger partial charge is 0.326 e. The number of nitrogens with one attached hydrogen (secondary N) is 4. The summed E-state index contributed by atoms with van der Waals surface area (Å²) in [5.74, 6) is -3.87. The van der Waals surface area contributed by atoms with Crippen LogP contribution < -0.4 is 21.7 Å². The van der Waals surface area contributed by atoms with Crippen LogP contribution >= 0.6 is 0 Å². The molecule has 0 aliphatic carbocycles. The van der Waals surface area contributed by atoms with E-state index in [0.717, 1.165) is 16.5 Å². The van der Waals surface area contributed by atoms with Gasteiger partial charge in [0.25, 0.3) is 0 Å². The molecule has 0 bridgehead atoms. The van der Waals surface area contributed by atoms with Gasteiger partial charge in [0.15, 0.2) is 0 Å². The van der Waals surface area contributed by atoms with Gasteiger partial charge in [-0.15, -0.1) is 0 Å². The number of carboxylic acid groups (broad SMARTS) is 1. The van der Waals surface area contributed by atoms with Crippen LogP contribution in [0.25, 0.3) is 10.9 Å². The number of aromatic amines is 1. The zero-order valence-corrected chi connectivity index (χ0v) is 23.8. The van der Waals surface area contributed by atoms with Crippen molar-refractivity contribution in [1.82, 2.24) is 20.9 Å². The topological polar surface area (TPSA) is 207 Å². The first-order chi connectivity index (χ1) is 19.9. The molecule has 0 saturated heterocycles. The van der Waals surface area contributed by atoms with Gasteiger partial charge in [-0.2, -0.15) is 0 Å². The van der Waals surface area contributed by atoms with Crippen LogP contribution in [0.1, 0.15) is 38.3 Å². The van der Waals surface area contributed by atoms with E-state index in [-0.39, 0.29) is 18.6 Å². The highest BCUT2D eigenvalue weighted by Gasteiger charge is 2.34. The number of aliphatic carboxylic acids is 1. The molecule has 3 aromatic rings. The number of H-pyrrole nitrogens is 1. The van der Waals surface area contributed by atoms with Gasteiger partial charge in [-0.3, -0.25) is 14.4 Å². The summed E-state index contributed by atoms with van der Waals surface area (Å²) in [5, 5.41) is 38.0. The molecule has 42 heavy (non-hydrogen) atoms. The van der Waals surface area contributed by atoms with Crippen molar-refractivity contribution in [2.75, 3.05) is 0 Å². The zero-order valence-electron chi connectivity index (χ0n) is 23.8. The molecule has 0 saturated carbocycles. The molecule has 6 atom stereocenters. The monoisotopic (exact) mass is 581 g/mol. The molecule has 226 valence electrons. The molecule has 0 aliphatic rings. The fourth-order valence-electron chi connectivity index (χ4n) is 4.57. The average molecular weight is 582 g/mol. The normalized spacial score (nSPS) is 15.5. The SMILES string of the molecule is CCC(C)C(NC(=O)C(NC(=O)C(N)Cc1c[nH]c2ccccc12)C(C)O)C(=O)NC(Cc1ccc(O)cc1)C(=O)O. The number of carboxylic acids is 1. The minimum Gasteiger partial charge on any atom is -0.508 e. The Morgan fingerprint density at radius 1 is 0.881 bits per heavy atom. The Morgan fingerprint density at radius 3 is 2.12 bits per heavy atom. The third-order valence-electron chi connectivity index (χ3n) is 7.30. The quantitative estimate of drug-likeness (QED) is 0.137. The second kappa shape index (κ2) is 14.5. The lowest BCUT2D eigenvalue weighted by Gasteiger charge is -2.29. The third kappa shape index (κ3) is 8.30. The van der Waals surface area contributed by atoms with Crippen molar-refractivity contribution in [3.05, 3.63) is 65.9 Å². The summed E-state index contributed by atoms with van der Waals surface area (Å²) in [4.78, 5) is 54.5. The molecule has 0 radical (unpaired) electrons. The summed E-state index contributed by atoms with van der Waals surface area (Å²) in [5.41, 5.74) is 8.44. The highest BCUT2D eigenvalue weighted by Crippen LogP contribution is 2.19. The first-order valence-corrected chi connectivity index (χ1v) is 13.8. The maximum atomic E-state index is 13.3. The number of amides is 3. The van der Waals surface area contributed by atoms with Crippen molar-refractivity contribution in [1.29, 1.82) is 0 Å². The van der Waals surface area contributed by atoms with E-state index in [4.69, 9.17) is 5.73 Å². The highest BCUT2D eigenvalue weighted by molar-refractivity contribution is 5.95. The van der Waals surface area contributed by atoms with Crippen LogP contribution in [0.3, 0.4) is 0 Å². The number of carbonyl (C=O) groups excluding carboxylic acids is 3. The lowest BCUT2D eigenvalue weighted by Crippen LogP contribution is -2.61. The number of aliphatic hydroxyl groups is 1. The average Bonchev–Trinajstić information content (AvgIpc) is 3.36. The van der Waals surface area contributed by atoms with Gasteiger partial charge in [-0.1, -0.05) is 50.6 Å². The number of aromatic nitrogens is 1. The molecule has 1 aromatic heterocycles. The van der Waals surface area contributed by atoms with E-state index in [1.54, 1.807) is 32.2 Å². The van der Waals surface area contributed by atoms with Gasteiger partial charge < -0.3 is 42.0 Å². The largest absolute Gasteiger partial charge is 0.508 e. The predicted molar refractivity (Wildman–Crippen MR) is 156 cm³/mol. The van der Waals surface area contributed by atoms with Crippen LogP contribution in [0.2, 0.25) is 0 Å². The Morgan fingerprint density at radius 2 is 1.50 bits per heavy atom. The molecule has 3 rings (SSSR count). The number of para-hydroxylation sites is 1. The zero-order chi connectivity index (χ0) is 31.0. The molecule has 1 heterocycles. The summed E-state index contributed by atoms with van der Waals surface area (Å²) in [6.45, 7) is 4.85. The Bertz CT molecular complexity index is 1390. The Kier molecular flexibility index (Phi) is 11.1. The van der Waals surface area contributed by atoms with Crippen molar-refractivity contribution in [3.63, 3.8) is 0 Å². The summed E-state index contributed by atoms with van der Waals surface area (Å²) in [7, 11) is 0. The van der Waals surface area contributed by atoms with E-state index in [0.29, 0.717) is 12.0 Å². The Labute approximate surface area is 243 Å². The minimum absolute atomic E-state index is 0.0212. The van der Waals surface area contributed by atoms with E-state index >= 15 is 0 Å². The highest BCUT2D eigenvalue weighted by atomic mass is 16.4. The molecule has 0 aliphatic heterocycles. The van der Waals surface area contributed by atoms with Crippen LogP contribution in [0, 0.1) is 5.92 Å². The maximum absolute atomic E-state index is 13.3. The molecule has 0 fully saturated rings. The summed E-state index contributed by atoms with van der Waals surface area (Å²) < 4.78 is 0. The molecule has 3 amide bonds. The fourth-order valence-corrected chi connectivity index (χ4v) is 4.57. The number of aliphatic hydroxyl groups excluding tert-OH is 1. The van der Waals surface area contributed by atoms with Gasteiger partial charge >= 0.3 is 5.97 Å². The number of phenolic OH excluding ortho intramolecular Hbond substituents is 1. The van der Waals surface area contributed by atoms with Crippen molar-refractivity contribution < 1.29 is 34.5 Å². The van der Waals surface area contributed by atoms with Crippen molar-refractivity contribution in [2.24, 2.45) is 11.7 Å². The molecule has 0 spiro atoms. The third-order valence-corrected chi connectivity index (χ3v) is 7.30. The number of carbonyl (C=O) groups is 4. The summed E-state index contributed by atoms with van der Waals surface area (Å²) >= 11 is 0. The number of benzene rings is 2. The number of fused-ring (bicyclic) bond motifs is 1. The fraction of sp³-hybridized carbons (Fsp3) is 0.400. The maximum Gasteiger partial charge on any atom is 0.326 e. The summed E-state index contributed by atoms with van der Waals surface area (Å²) in [6.07, 6.45) is 1.03. The Hall–Kier alpha value is -4.42. The van der Waals surface area contributed by atoms with E-state index in [1.807, 2.05) is 24.3 Å². The van der Waals surface area contributed by atoms with Crippen LogP contribution in [0.4, 0.5) is 0 Å². The van der Waals surface area contributed by atoms with Gasteiger partial charge in [0.2, 0.25) is 17.7 Å². The number of rotatable bonds is 14. The lowest BCUT2D eigenvalue weighted by atomic mass is 9.96. The van der Waals surface area contributed by atoms with E-state index in [1.165, 1.54) is 19.1 Å². The molecule has 2 aromatic carbocycles. The molecule has 12 heteroatoms. The summed E-state index contributed by atoms with van der Waals surface area (Å²) in [6, 6.07) is 8.56.